The first kappa shape index (κ1) is 14.0. The Hall–Kier alpha value is -1.99. The molecule has 1 unspecified atom stereocenters. The van der Waals surface area contributed by atoms with Gasteiger partial charge in [0.1, 0.15) is 11.6 Å². The van der Waals surface area contributed by atoms with Crippen molar-refractivity contribution in [3.05, 3.63) is 29.8 Å². The number of phenolic OH excluding ortho intramolecular Hbond substituents is 1. The van der Waals surface area contributed by atoms with Crippen molar-refractivity contribution < 1.29 is 14.0 Å². The Bertz CT molecular complexity index is 646. The van der Waals surface area contributed by atoms with Crippen molar-refractivity contribution in [1.82, 2.24) is 19.9 Å². The maximum absolute atomic E-state index is 13.0. The summed E-state index contributed by atoms with van der Waals surface area (Å²) in [7, 11) is 4.07. The molecule has 21 heavy (non-hydrogen) atoms. The van der Waals surface area contributed by atoms with E-state index in [0.717, 1.165) is 25.7 Å². The standard InChI is InChI=1S/C14H17FN4O2/c1-18-5-6-19(2)11(8-18)13-16-14(21-17-13)10-4-3-9(15)7-12(10)20/h3-4,7,11,20H,5-6,8H2,1-2H3. The molecule has 0 bridgehead atoms. The lowest BCUT2D eigenvalue weighted by molar-refractivity contribution is 0.108. The lowest BCUT2D eigenvalue weighted by Gasteiger charge is -2.35. The van der Waals surface area contributed by atoms with Crippen LogP contribution in [0, 0.1) is 5.82 Å². The summed E-state index contributed by atoms with van der Waals surface area (Å²) < 4.78 is 18.2. The van der Waals surface area contributed by atoms with Gasteiger partial charge in [0.15, 0.2) is 5.82 Å². The van der Waals surface area contributed by atoms with E-state index >= 15 is 0 Å². The van der Waals surface area contributed by atoms with Crippen LogP contribution in [-0.2, 0) is 0 Å². The summed E-state index contributed by atoms with van der Waals surface area (Å²) >= 11 is 0. The first-order valence-electron chi connectivity index (χ1n) is 6.76. The maximum Gasteiger partial charge on any atom is 0.261 e. The Labute approximate surface area is 121 Å². The molecule has 1 N–H and O–H groups in total. The minimum atomic E-state index is -0.510. The third-order valence-corrected chi connectivity index (χ3v) is 3.78. The Balaban J connectivity index is 1.89. The van der Waals surface area contributed by atoms with Gasteiger partial charge in [-0.05, 0) is 26.2 Å². The van der Waals surface area contributed by atoms with E-state index in [1.54, 1.807) is 0 Å². The number of phenols is 1. The number of likely N-dealkylation sites (N-methyl/N-ethyl adjacent to an activating group) is 2. The van der Waals surface area contributed by atoms with Gasteiger partial charge in [-0.15, -0.1) is 0 Å². The normalized spacial score (nSPS) is 20.8. The van der Waals surface area contributed by atoms with Crippen LogP contribution in [0.4, 0.5) is 4.39 Å². The third kappa shape index (κ3) is 2.74. The second-order valence-corrected chi connectivity index (χ2v) is 5.38. The highest BCUT2D eigenvalue weighted by atomic mass is 19.1. The Morgan fingerprint density at radius 1 is 1.33 bits per heavy atom. The van der Waals surface area contributed by atoms with Gasteiger partial charge in [-0.2, -0.15) is 4.98 Å². The van der Waals surface area contributed by atoms with Crippen molar-refractivity contribution in [2.45, 2.75) is 6.04 Å². The summed E-state index contributed by atoms with van der Waals surface area (Å²) in [6, 6.07) is 3.75. The van der Waals surface area contributed by atoms with E-state index in [1.165, 1.54) is 12.1 Å². The van der Waals surface area contributed by atoms with Gasteiger partial charge in [0, 0.05) is 25.7 Å². The van der Waals surface area contributed by atoms with Gasteiger partial charge in [-0.3, -0.25) is 4.90 Å². The van der Waals surface area contributed by atoms with E-state index in [2.05, 4.69) is 19.9 Å². The molecule has 2 aromatic rings. The second-order valence-electron chi connectivity index (χ2n) is 5.38. The minimum absolute atomic E-state index is 0.0452. The lowest BCUT2D eigenvalue weighted by Crippen LogP contribution is -2.45. The van der Waals surface area contributed by atoms with Crippen LogP contribution in [0.5, 0.6) is 5.75 Å². The number of benzene rings is 1. The molecule has 3 rings (SSSR count). The largest absolute Gasteiger partial charge is 0.507 e. The Morgan fingerprint density at radius 3 is 2.90 bits per heavy atom. The van der Waals surface area contributed by atoms with E-state index < -0.39 is 5.82 Å². The monoisotopic (exact) mass is 292 g/mol. The highest BCUT2D eigenvalue weighted by Gasteiger charge is 2.28. The molecule has 1 fully saturated rings. The number of rotatable bonds is 2. The molecule has 1 atom stereocenters. The van der Waals surface area contributed by atoms with Crippen LogP contribution in [0.2, 0.25) is 0 Å². The molecule has 6 nitrogen and oxygen atoms in total. The average Bonchev–Trinajstić information content (AvgIpc) is 2.91. The fourth-order valence-corrected chi connectivity index (χ4v) is 2.45. The van der Waals surface area contributed by atoms with Crippen LogP contribution in [0.25, 0.3) is 11.5 Å². The first-order chi connectivity index (χ1) is 10.0. The van der Waals surface area contributed by atoms with Crippen molar-refractivity contribution >= 4 is 0 Å². The van der Waals surface area contributed by atoms with Gasteiger partial charge in [0.25, 0.3) is 5.89 Å². The zero-order valence-electron chi connectivity index (χ0n) is 12.0. The van der Waals surface area contributed by atoms with Crippen molar-refractivity contribution in [2.75, 3.05) is 33.7 Å². The van der Waals surface area contributed by atoms with Gasteiger partial charge in [-0.1, -0.05) is 5.16 Å². The van der Waals surface area contributed by atoms with Crippen LogP contribution in [0.3, 0.4) is 0 Å². The molecule has 0 spiro atoms. The fraction of sp³-hybridized carbons (Fsp3) is 0.429. The lowest BCUT2D eigenvalue weighted by atomic mass is 10.1. The number of piperazine rings is 1. The quantitative estimate of drug-likeness (QED) is 0.905. The number of aromatic nitrogens is 2. The predicted octanol–water partition coefficient (Wildman–Crippen LogP) is 1.50. The topological polar surface area (TPSA) is 65.6 Å². The van der Waals surface area contributed by atoms with Crippen LogP contribution in [-0.4, -0.2) is 58.8 Å². The summed E-state index contributed by atoms with van der Waals surface area (Å²) in [5.41, 5.74) is 0.335. The van der Waals surface area contributed by atoms with Crippen molar-refractivity contribution in [3.63, 3.8) is 0 Å². The highest BCUT2D eigenvalue weighted by molar-refractivity contribution is 5.61. The molecule has 112 valence electrons. The highest BCUT2D eigenvalue weighted by Crippen LogP contribution is 2.30. The molecule has 0 radical (unpaired) electrons. The minimum Gasteiger partial charge on any atom is -0.507 e. The van der Waals surface area contributed by atoms with E-state index in [4.69, 9.17) is 4.52 Å². The van der Waals surface area contributed by atoms with Crippen molar-refractivity contribution in [3.8, 4) is 17.2 Å². The van der Waals surface area contributed by atoms with E-state index in [1.807, 2.05) is 14.1 Å². The summed E-state index contributed by atoms with van der Waals surface area (Å²) in [5.74, 6) is 0.0517. The number of halogens is 1. The molecule has 0 aliphatic carbocycles. The van der Waals surface area contributed by atoms with Crippen molar-refractivity contribution in [1.29, 1.82) is 0 Å². The summed E-state index contributed by atoms with van der Waals surface area (Å²) in [5, 5.41) is 13.8. The van der Waals surface area contributed by atoms with Crippen LogP contribution in [0.1, 0.15) is 11.9 Å². The number of aromatic hydroxyl groups is 1. The first-order valence-corrected chi connectivity index (χ1v) is 6.76. The molecule has 2 heterocycles. The zero-order valence-corrected chi connectivity index (χ0v) is 12.0. The molecule has 1 aromatic carbocycles. The van der Waals surface area contributed by atoms with Gasteiger partial charge < -0.3 is 14.5 Å². The Kier molecular flexibility index (Phi) is 3.60. The van der Waals surface area contributed by atoms with Crippen LogP contribution >= 0.6 is 0 Å². The van der Waals surface area contributed by atoms with Gasteiger partial charge >= 0.3 is 0 Å². The van der Waals surface area contributed by atoms with E-state index in [-0.39, 0.29) is 17.7 Å². The summed E-state index contributed by atoms with van der Waals surface area (Å²) in [6.45, 7) is 2.73. The zero-order chi connectivity index (χ0) is 15.0. The van der Waals surface area contributed by atoms with Gasteiger partial charge in [-0.25, -0.2) is 4.39 Å². The number of hydrogen-bond acceptors (Lipinski definition) is 6. The van der Waals surface area contributed by atoms with E-state index in [0.29, 0.717) is 11.4 Å². The maximum atomic E-state index is 13.0. The molecule has 1 saturated heterocycles. The smallest absolute Gasteiger partial charge is 0.261 e. The molecular formula is C14H17FN4O2. The number of hydrogen-bond donors (Lipinski definition) is 1. The summed E-state index contributed by atoms with van der Waals surface area (Å²) in [6.07, 6.45) is 0. The molecule has 1 aliphatic heterocycles. The predicted molar refractivity (Wildman–Crippen MR) is 74.2 cm³/mol. The van der Waals surface area contributed by atoms with E-state index in [9.17, 15) is 9.50 Å². The van der Waals surface area contributed by atoms with Crippen LogP contribution in [0.15, 0.2) is 22.7 Å². The molecule has 0 amide bonds. The molecular weight excluding hydrogens is 275 g/mol. The second kappa shape index (κ2) is 5.42. The SMILES string of the molecule is CN1CCN(C)C(c2noc(-c3ccc(F)cc3O)n2)C1. The average molecular weight is 292 g/mol. The van der Waals surface area contributed by atoms with Gasteiger partial charge in [0.05, 0.1) is 11.6 Å². The molecule has 1 aromatic heterocycles. The molecule has 7 heteroatoms. The van der Waals surface area contributed by atoms with Crippen LogP contribution < -0.4 is 0 Å². The third-order valence-electron chi connectivity index (χ3n) is 3.78. The van der Waals surface area contributed by atoms with Crippen molar-refractivity contribution in [2.24, 2.45) is 0 Å². The Morgan fingerprint density at radius 2 is 2.14 bits per heavy atom. The molecule has 1 aliphatic rings. The molecule has 0 saturated carbocycles. The summed E-state index contributed by atoms with van der Waals surface area (Å²) in [4.78, 5) is 8.72. The van der Waals surface area contributed by atoms with Gasteiger partial charge in [0.2, 0.25) is 0 Å². The number of nitrogens with zero attached hydrogens (tertiary/aromatic N) is 4. The fourth-order valence-electron chi connectivity index (χ4n) is 2.45.